The number of nitrogens with zero attached hydrogens (tertiary/aromatic N) is 4. The molecule has 0 saturated heterocycles. The van der Waals surface area contributed by atoms with Crippen LogP contribution < -0.4 is 10.7 Å². The number of hydrazine groups is 1. The smallest absolute Gasteiger partial charge is 0.161 e. The first-order valence-corrected chi connectivity index (χ1v) is 7.97. The van der Waals surface area contributed by atoms with E-state index >= 15 is 0 Å². The van der Waals surface area contributed by atoms with Gasteiger partial charge in [0.2, 0.25) is 0 Å². The molecule has 0 bridgehead atoms. The fraction of sp³-hybridized carbons (Fsp3) is 0.111. The molecule has 7 heteroatoms. The Balaban J connectivity index is 1.69. The van der Waals surface area contributed by atoms with E-state index in [4.69, 9.17) is 0 Å². The Morgan fingerprint density at radius 1 is 1.08 bits per heavy atom. The highest BCUT2D eigenvalue weighted by molar-refractivity contribution is 5.77. The third kappa shape index (κ3) is 3.05. The number of nitrogens with one attached hydrogen (secondary N) is 3. The Kier molecular flexibility index (Phi) is 3.83. The maximum Gasteiger partial charge on any atom is 0.161 e. The van der Waals surface area contributed by atoms with Gasteiger partial charge >= 0.3 is 0 Å². The number of aromatic amines is 1. The van der Waals surface area contributed by atoms with Crippen molar-refractivity contribution in [1.82, 2.24) is 24.6 Å². The molecule has 0 saturated carbocycles. The molecule has 4 rings (SSSR count). The fourth-order valence-electron chi connectivity index (χ4n) is 2.79. The van der Waals surface area contributed by atoms with Crippen LogP contribution in [0.25, 0.3) is 16.9 Å². The van der Waals surface area contributed by atoms with Gasteiger partial charge in [0.1, 0.15) is 0 Å². The van der Waals surface area contributed by atoms with E-state index in [2.05, 4.69) is 36.4 Å². The minimum Gasteiger partial charge on any atom is -0.352 e. The number of anilines is 3. The van der Waals surface area contributed by atoms with Crippen molar-refractivity contribution in [3.63, 3.8) is 0 Å². The van der Waals surface area contributed by atoms with E-state index in [1.807, 2.05) is 68.0 Å². The molecule has 3 heterocycles. The Morgan fingerprint density at radius 2 is 1.96 bits per heavy atom. The van der Waals surface area contributed by atoms with Gasteiger partial charge in [-0.25, -0.2) is 9.99 Å². The maximum atomic E-state index is 4.58. The van der Waals surface area contributed by atoms with Crippen molar-refractivity contribution in [2.45, 2.75) is 0 Å². The number of hydrogen-bond acceptors (Lipinski definition) is 5. The highest BCUT2D eigenvalue weighted by Gasteiger charge is 2.10. The molecular weight excluding hydrogens is 314 g/mol. The summed E-state index contributed by atoms with van der Waals surface area (Å²) in [7, 11) is 3.92. The van der Waals surface area contributed by atoms with E-state index in [-0.39, 0.29) is 0 Å². The zero-order chi connectivity index (χ0) is 17.2. The van der Waals surface area contributed by atoms with Crippen molar-refractivity contribution in [1.29, 1.82) is 0 Å². The summed E-state index contributed by atoms with van der Waals surface area (Å²) < 4.78 is 2.05. The second-order valence-corrected chi connectivity index (χ2v) is 5.96. The van der Waals surface area contributed by atoms with Crippen LogP contribution in [0.1, 0.15) is 0 Å². The van der Waals surface area contributed by atoms with E-state index in [0.29, 0.717) is 0 Å². The second-order valence-electron chi connectivity index (χ2n) is 5.96. The molecule has 3 N–H and O–H groups in total. The first-order valence-electron chi connectivity index (χ1n) is 7.97. The van der Waals surface area contributed by atoms with E-state index in [1.54, 1.807) is 6.20 Å². The Morgan fingerprint density at radius 3 is 2.76 bits per heavy atom. The van der Waals surface area contributed by atoms with Crippen LogP contribution in [0.3, 0.4) is 0 Å². The molecule has 0 amide bonds. The summed E-state index contributed by atoms with van der Waals surface area (Å²) in [5.74, 6) is 0. The molecule has 0 aliphatic carbocycles. The zero-order valence-corrected chi connectivity index (χ0v) is 14.1. The molecule has 0 spiro atoms. The minimum absolute atomic E-state index is 0.865. The number of benzene rings is 1. The Labute approximate surface area is 145 Å². The minimum atomic E-state index is 0.865. The van der Waals surface area contributed by atoms with Crippen molar-refractivity contribution < 1.29 is 0 Å². The van der Waals surface area contributed by atoms with Crippen LogP contribution in [0, 0.1) is 0 Å². The quantitative estimate of drug-likeness (QED) is 0.488. The van der Waals surface area contributed by atoms with Gasteiger partial charge in [0.15, 0.2) is 5.65 Å². The average Bonchev–Trinajstić information content (AvgIpc) is 3.24. The predicted octanol–water partition coefficient (Wildman–Crippen LogP) is 3.36. The number of fused-ring (bicyclic) bond motifs is 1. The van der Waals surface area contributed by atoms with Crippen LogP contribution in [0.15, 0.2) is 61.2 Å². The van der Waals surface area contributed by atoms with Crippen molar-refractivity contribution in [3.8, 4) is 11.3 Å². The number of pyridine rings is 1. The number of H-pyrrole nitrogens is 1. The van der Waals surface area contributed by atoms with Crippen LogP contribution in [-0.2, 0) is 0 Å². The molecule has 0 atom stereocenters. The molecule has 0 fully saturated rings. The normalized spacial score (nSPS) is 11.2. The number of imidazole rings is 1. The summed E-state index contributed by atoms with van der Waals surface area (Å²) in [6.45, 7) is 0. The van der Waals surface area contributed by atoms with Crippen molar-refractivity contribution >= 4 is 22.7 Å². The molecular formula is C18H19N7. The summed E-state index contributed by atoms with van der Waals surface area (Å²) in [6.07, 6.45) is 7.51. The lowest BCUT2D eigenvalue weighted by atomic mass is 10.2. The Hall–Kier alpha value is -3.32. The van der Waals surface area contributed by atoms with Crippen LogP contribution in [0.5, 0.6) is 0 Å². The van der Waals surface area contributed by atoms with Crippen molar-refractivity contribution in [2.24, 2.45) is 0 Å². The molecule has 1 aromatic carbocycles. The maximum absolute atomic E-state index is 4.58. The Bertz CT molecular complexity index is 986. The van der Waals surface area contributed by atoms with E-state index in [1.165, 1.54) is 0 Å². The lowest BCUT2D eigenvalue weighted by Crippen LogP contribution is -2.19. The van der Waals surface area contributed by atoms with E-state index < -0.39 is 0 Å². The lowest BCUT2D eigenvalue weighted by molar-refractivity contribution is 0.495. The summed E-state index contributed by atoms with van der Waals surface area (Å²) in [5.41, 5.74) is 9.07. The summed E-state index contributed by atoms with van der Waals surface area (Å²) in [6, 6.07) is 12.2. The second kappa shape index (κ2) is 6.29. The topological polar surface area (TPSA) is 73.3 Å². The number of aromatic nitrogens is 4. The SMILES string of the molecule is CN(C)Nc1cccc(Nc2cccn3c(-c4cn[nH]c4)cnc23)c1. The highest BCUT2D eigenvalue weighted by atomic mass is 15.5. The number of rotatable bonds is 5. The summed E-state index contributed by atoms with van der Waals surface area (Å²) in [4.78, 5) is 4.58. The standard InChI is InChI=1S/C18H19N7/c1-24(2)23-15-6-3-5-14(9-15)22-16-7-4-8-25-17(12-19-18(16)25)13-10-20-21-11-13/h3-12,22-23H,1-2H3,(H,20,21). The van der Waals surface area contributed by atoms with Gasteiger partial charge in [-0.3, -0.25) is 9.50 Å². The first-order chi connectivity index (χ1) is 12.2. The predicted molar refractivity (Wildman–Crippen MR) is 99.8 cm³/mol. The van der Waals surface area contributed by atoms with Crippen LogP contribution in [0.4, 0.5) is 17.1 Å². The van der Waals surface area contributed by atoms with Gasteiger partial charge in [0, 0.05) is 37.7 Å². The third-order valence-electron chi connectivity index (χ3n) is 3.82. The molecule has 25 heavy (non-hydrogen) atoms. The first kappa shape index (κ1) is 15.2. The van der Waals surface area contributed by atoms with Crippen LogP contribution >= 0.6 is 0 Å². The van der Waals surface area contributed by atoms with Gasteiger partial charge in [-0.1, -0.05) is 6.07 Å². The molecule has 0 aliphatic heterocycles. The summed E-state index contributed by atoms with van der Waals surface area (Å²) in [5, 5.41) is 12.2. The number of hydrogen-bond donors (Lipinski definition) is 3. The van der Waals surface area contributed by atoms with Gasteiger partial charge < -0.3 is 10.7 Å². The van der Waals surface area contributed by atoms with Gasteiger partial charge in [-0.2, -0.15) is 5.10 Å². The van der Waals surface area contributed by atoms with Gasteiger partial charge in [-0.15, -0.1) is 0 Å². The van der Waals surface area contributed by atoms with E-state index in [9.17, 15) is 0 Å². The highest BCUT2D eigenvalue weighted by Crippen LogP contribution is 2.27. The van der Waals surface area contributed by atoms with Gasteiger partial charge in [0.05, 0.1) is 29.5 Å². The molecule has 7 nitrogen and oxygen atoms in total. The average molecular weight is 333 g/mol. The molecule has 3 aromatic heterocycles. The molecule has 0 aliphatic rings. The molecule has 126 valence electrons. The van der Waals surface area contributed by atoms with Crippen molar-refractivity contribution in [3.05, 3.63) is 61.2 Å². The van der Waals surface area contributed by atoms with Crippen LogP contribution in [0.2, 0.25) is 0 Å². The molecule has 0 radical (unpaired) electrons. The molecule has 4 aromatic rings. The van der Waals surface area contributed by atoms with Crippen molar-refractivity contribution in [2.75, 3.05) is 24.8 Å². The zero-order valence-electron chi connectivity index (χ0n) is 14.1. The van der Waals surface area contributed by atoms with Gasteiger partial charge in [-0.05, 0) is 30.3 Å². The largest absolute Gasteiger partial charge is 0.352 e. The summed E-state index contributed by atoms with van der Waals surface area (Å²) >= 11 is 0. The lowest BCUT2D eigenvalue weighted by Gasteiger charge is -2.15. The molecule has 0 unspecified atom stereocenters. The third-order valence-corrected chi connectivity index (χ3v) is 3.82. The van der Waals surface area contributed by atoms with Gasteiger partial charge in [0.25, 0.3) is 0 Å². The fourth-order valence-corrected chi connectivity index (χ4v) is 2.79. The monoisotopic (exact) mass is 333 g/mol. The van der Waals surface area contributed by atoms with E-state index in [0.717, 1.165) is 34.0 Å². The van der Waals surface area contributed by atoms with Crippen LogP contribution in [-0.4, -0.2) is 38.7 Å².